The van der Waals surface area contributed by atoms with E-state index >= 15 is 0 Å². The summed E-state index contributed by atoms with van der Waals surface area (Å²) in [6.07, 6.45) is 9.27. The van der Waals surface area contributed by atoms with Gasteiger partial charge in [-0.1, -0.05) is 18.2 Å². The molecule has 0 fully saturated rings. The molecule has 2 rings (SSSR count). The van der Waals surface area contributed by atoms with Crippen molar-refractivity contribution in [3.63, 3.8) is 0 Å². The molecule has 0 spiro atoms. The molecule has 1 N–H and O–H groups in total. The highest BCUT2D eigenvalue weighted by Crippen LogP contribution is 2.16. The first-order chi connectivity index (χ1) is 12.9. The summed E-state index contributed by atoms with van der Waals surface area (Å²) in [5.41, 5.74) is 0.693. The van der Waals surface area contributed by atoms with Crippen molar-refractivity contribution in [2.75, 3.05) is 33.2 Å². The summed E-state index contributed by atoms with van der Waals surface area (Å²) in [4.78, 5) is 37.0. The molecule has 3 amide bonds. The van der Waals surface area contributed by atoms with Crippen LogP contribution in [-0.4, -0.2) is 72.6 Å². The standard InChI is InChI=1S/C20H31N5O2/c1-5-25(20(27)21-12-8-9-13-24(4)15(2)3)14-18-22-17-11-7-6-10-16(17)19(26)23-18/h6-7,10-11,15-16H,5,8-9,12-14H2,1-4H3,(H,21,27). The summed E-state index contributed by atoms with van der Waals surface area (Å²) in [7, 11) is 2.11. The number of nitrogens with zero attached hydrogens (tertiary/aromatic N) is 4. The quantitative estimate of drug-likeness (QED) is 0.630. The summed E-state index contributed by atoms with van der Waals surface area (Å²) >= 11 is 0. The van der Waals surface area contributed by atoms with Crippen LogP contribution in [0, 0.1) is 5.92 Å². The van der Waals surface area contributed by atoms with Gasteiger partial charge in [-0.2, -0.15) is 4.99 Å². The normalized spacial score (nSPS) is 18.4. The van der Waals surface area contributed by atoms with Gasteiger partial charge >= 0.3 is 6.03 Å². The molecule has 7 nitrogen and oxygen atoms in total. The molecule has 0 aromatic carbocycles. The predicted molar refractivity (Wildman–Crippen MR) is 109 cm³/mol. The topological polar surface area (TPSA) is 77.4 Å². The highest BCUT2D eigenvalue weighted by Gasteiger charge is 2.27. The molecule has 0 saturated heterocycles. The van der Waals surface area contributed by atoms with Crippen LogP contribution >= 0.6 is 0 Å². The van der Waals surface area contributed by atoms with E-state index in [1.807, 2.05) is 25.2 Å². The van der Waals surface area contributed by atoms with Gasteiger partial charge in [0.2, 0.25) is 0 Å². The Morgan fingerprint density at radius 3 is 2.74 bits per heavy atom. The van der Waals surface area contributed by atoms with E-state index in [9.17, 15) is 9.59 Å². The van der Waals surface area contributed by atoms with Crippen LogP contribution in [0.25, 0.3) is 0 Å². The number of carbonyl (C=O) groups is 2. The Bertz CT molecular complexity index is 663. The minimum atomic E-state index is -0.383. The van der Waals surface area contributed by atoms with E-state index in [2.05, 4.69) is 41.1 Å². The highest BCUT2D eigenvalue weighted by molar-refractivity contribution is 6.21. The van der Waals surface area contributed by atoms with Gasteiger partial charge in [0.25, 0.3) is 5.91 Å². The largest absolute Gasteiger partial charge is 0.338 e. The number of unbranched alkanes of at least 4 members (excludes halogenated alkanes) is 1. The second kappa shape index (κ2) is 10.2. The Morgan fingerprint density at radius 1 is 1.26 bits per heavy atom. The average molecular weight is 374 g/mol. The van der Waals surface area contributed by atoms with Gasteiger partial charge < -0.3 is 15.1 Å². The summed E-state index contributed by atoms with van der Waals surface area (Å²) in [5, 5.41) is 2.95. The number of carbonyl (C=O) groups excluding carboxylic acids is 2. The Hall–Kier alpha value is -2.28. The molecule has 1 aliphatic heterocycles. The van der Waals surface area contributed by atoms with Crippen molar-refractivity contribution in [3.8, 4) is 0 Å². The summed E-state index contributed by atoms with van der Waals surface area (Å²) < 4.78 is 0. The van der Waals surface area contributed by atoms with Crippen LogP contribution < -0.4 is 5.32 Å². The Morgan fingerprint density at radius 2 is 2.04 bits per heavy atom. The average Bonchev–Trinajstić information content (AvgIpc) is 2.65. The van der Waals surface area contributed by atoms with E-state index in [1.165, 1.54) is 0 Å². The van der Waals surface area contributed by atoms with Crippen molar-refractivity contribution in [3.05, 3.63) is 24.3 Å². The van der Waals surface area contributed by atoms with E-state index in [-0.39, 0.29) is 24.4 Å². The number of aliphatic imine (C=N–C) groups is 2. The first kappa shape index (κ1) is 21.0. The maximum Gasteiger partial charge on any atom is 0.317 e. The molecule has 1 heterocycles. The van der Waals surface area contributed by atoms with Gasteiger partial charge in [-0.3, -0.25) is 4.79 Å². The lowest BCUT2D eigenvalue weighted by molar-refractivity contribution is -0.118. The summed E-state index contributed by atoms with van der Waals surface area (Å²) in [6, 6.07) is 0.385. The number of amides is 3. The molecule has 1 aliphatic carbocycles. The zero-order chi connectivity index (χ0) is 19.8. The fourth-order valence-electron chi connectivity index (χ4n) is 2.84. The molecule has 2 aliphatic rings. The van der Waals surface area contributed by atoms with Crippen LogP contribution in [0.5, 0.6) is 0 Å². The number of allylic oxidation sites excluding steroid dienone is 3. The predicted octanol–water partition coefficient (Wildman–Crippen LogP) is 2.26. The van der Waals surface area contributed by atoms with E-state index in [0.717, 1.165) is 19.4 Å². The van der Waals surface area contributed by atoms with Crippen molar-refractivity contribution in [2.24, 2.45) is 15.9 Å². The van der Waals surface area contributed by atoms with Gasteiger partial charge in [0.15, 0.2) is 5.84 Å². The molecular weight excluding hydrogens is 342 g/mol. The Balaban J connectivity index is 1.80. The zero-order valence-electron chi connectivity index (χ0n) is 16.8. The van der Waals surface area contributed by atoms with Crippen molar-refractivity contribution in [1.29, 1.82) is 0 Å². The Labute approximate surface area is 161 Å². The Kier molecular flexibility index (Phi) is 7.91. The molecule has 0 aromatic heterocycles. The fraction of sp³-hybridized carbons (Fsp3) is 0.600. The second-order valence-electron chi connectivity index (χ2n) is 7.15. The molecular formula is C20H31N5O2. The molecule has 1 unspecified atom stereocenters. The lowest BCUT2D eigenvalue weighted by Crippen LogP contribution is -2.43. The van der Waals surface area contributed by atoms with Crippen LogP contribution in [0.1, 0.15) is 33.6 Å². The number of amidine groups is 1. The third kappa shape index (κ3) is 6.13. The maximum atomic E-state index is 12.4. The van der Waals surface area contributed by atoms with Crippen LogP contribution in [0.4, 0.5) is 4.79 Å². The van der Waals surface area contributed by atoms with Gasteiger partial charge in [0, 0.05) is 19.1 Å². The van der Waals surface area contributed by atoms with Gasteiger partial charge in [-0.25, -0.2) is 9.79 Å². The van der Waals surface area contributed by atoms with Crippen molar-refractivity contribution < 1.29 is 9.59 Å². The lowest BCUT2D eigenvalue weighted by atomic mass is 9.96. The maximum absolute atomic E-state index is 12.4. The SMILES string of the molecule is CCN(CC1=NC(=O)C2C=CC=CC2=N1)C(=O)NCCCCN(C)C(C)C. The van der Waals surface area contributed by atoms with Gasteiger partial charge in [-0.05, 0) is 53.3 Å². The number of rotatable bonds is 9. The minimum absolute atomic E-state index is 0.147. The molecule has 0 saturated carbocycles. The molecule has 1 atom stereocenters. The fourth-order valence-corrected chi connectivity index (χ4v) is 2.84. The van der Waals surface area contributed by atoms with E-state index in [1.54, 1.807) is 11.0 Å². The van der Waals surface area contributed by atoms with Crippen molar-refractivity contribution >= 4 is 23.5 Å². The van der Waals surface area contributed by atoms with Crippen molar-refractivity contribution in [1.82, 2.24) is 15.1 Å². The van der Waals surface area contributed by atoms with E-state index in [0.29, 0.717) is 30.7 Å². The number of urea groups is 1. The van der Waals surface area contributed by atoms with E-state index < -0.39 is 0 Å². The second-order valence-corrected chi connectivity index (χ2v) is 7.15. The highest BCUT2D eigenvalue weighted by atomic mass is 16.2. The third-order valence-electron chi connectivity index (χ3n) is 4.86. The van der Waals surface area contributed by atoms with Gasteiger partial charge in [0.05, 0.1) is 12.3 Å². The molecule has 0 radical (unpaired) electrons. The lowest BCUT2D eigenvalue weighted by Gasteiger charge is -2.24. The summed E-state index contributed by atoms with van der Waals surface area (Å²) in [5.74, 6) is -0.213. The van der Waals surface area contributed by atoms with Gasteiger partial charge in [0.1, 0.15) is 5.92 Å². The number of hydrogen-bond acceptors (Lipinski definition) is 4. The first-order valence-corrected chi connectivity index (χ1v) is 9.70. The molecule has 0 bridgehead atoms. The molecule has 148 valence electrons. The number of hydrogen-bond donors (Lipinski definition) is 1. The monoisotopic (exact) mass is 373 g/mol. The molecule has 0 aromatic rings. The number of likely N-dealkylation sites (N-methyl/N-ethyl adjacent to an activating group) is 1. The van der Waals surface area contributed by atoms with Crippen LogP contribution in [0.15, 0.2) is 34.3 Å². The van der Waals surface area contributed by atoms with Crippen LogP contribution in [0.3, 0.4) is 0 Å². The van der Waals surface area contributed by atoms with Crippen LogP contribution in [-0.2, 0) is 4.79 Å². The van der Waals surface area contributed by atoms with Crippen LogP contribution in [0.2, 0.25) is 0 Å². The zero-order valence-corrected chi connectivity index (χ0v) is 16.8. The third-order valence-corrected chi connectivity index (χ3v) is 4.86. The van der Waals surface area contributed by atoms with Crippen molar-refractivity contribution in [2.45, 2.75) is 39.7 Å². The summed E-state index contributed by atoms with van der Waals surface area (Å²) in [6.45, 7) is 8.66. The van der Waals surface area contributed by atoms with Gasteiger partial charge in [-0.15, -0.1) is 0 Å². The minimum Gasteiger partial charge on any atom is -0.338 e. The smallest absolute Gasteiger partial charge is 0.317 e. The first-order valence-electron chi connectivity index (χ1n) is 9.70. The number of nitrogens with one attached hydrogen (secondary N) is 1. The molecule has 7 heteroatoms. The van der Waals surface area contributed by atoms with E-state index in [4.69, 9.17) is 0 Å². The molecule has 27 heavy (non-hydrogen) atoms. The number of fused-ring (bicyclic) bond motifs is 1.